The number of hydrogen-bond donors (Lipinski definition) is 1. The average molecular weight is 188 g/mol. The molecule has 2 aliphatic rings. The molecule has 0 aromatic carbocycles. The third-order valence-electron chi connectivity index (χ3n) is 3.54. The lowest BCUT2D eigenvalue weighted by Gasteiger charge is -2.54. The highest BCUT2D eigenvalue weighted by atomic mass is 32.2. The molecular weight excluding hydrogens is 172 g/mol. The average Bonchev–Trinajstić information content (AvgIpc) is 1.98. The molecule has 2 saturated carbocycles. The van der Waals surface area contributed by atoms with E-state index in [0.29, 0.717) is 5.92 Å². The van der Waals surface area contributed by atoms with Crippen LogP contribution >= 0.6 is 0 Å². The number of rotatable bonds is 1. The topological polar surface area (TPSA) is 37.3 Å². The number of hydrogen-bond acceptors (Lipinski definition) is 2. The molecule has 0 aromatic rings. The van der Waals surface area contributed by atoms with Gasteiger partial charge in [-0.3, -0.25) is 4.21 Å². The summed E-state index contributed by atoms with van der Waals surface area (Å²) in [5.41, 5.74) is -0.544. The summed E-state index contributed by atoms with van der Waals surface area (Å²) in [5.74, 6) is 0.458. The van der Waals surface area contributed by atoms with Gasteiger partial charge in [0.05, 0.1) is 10.9 Å². The van der Waals surface area contributed by atoms with Crippen LogP contribution in [0.1, 0.15) is 32.1 Å². The molecule has 0 aromatic heterocycles. The summed E-state index contributed by atoms with van der Waals surface area (Å²) >= 11 is 0. The lowest BCUT2D eigenvalue weighted by Crippen LogP contribution is -2.62. The van der Waals surface area contributed by atoms with Crippen molar-refractivity contribution >= 4 is 10.8 Å². The molecule has 2 nitrogen and oxygen atoms in total. The second-order valence-electron chi connectivity index (χ2n) is 4.16. The fourth-order valence-corrected chi connectivity index (χ4v) is 4.11. The van der Waals surface area contributed by atoms with Crippen LogP contribution in [-0.2, 0) is 10.8 Å². The minimum Gasteiger partial charge on any atom is -0.388 e. The van der Waals surface area contributed by atoms with Crippen molar-refractivity contribution in [1.82, 2.24) is 0 Å². The zero-order chi connectivity index (χ0) is 8.77. The Labute approximate surface area is 75.8 Å². The minimum absolute atomic E-state index is 0.0720. The van der Waals surface area contributed by atoms with E-state index in [1.807, 2.05) is 0 Å². The Kier molecular flexibility index (Phi) is 2.04. The second kappa shape index (κ2) is 2.81. The summed E-state index contributed by atoms with van der Waals surface area (Å²) in [6.45, 7) is 0. The van der Waals surface area contributed by atoms with Gasteiger partial charge in [-0.25, -0.2) is 0 Å². The van der Waals surface area contributed by atoms with Crippen LogP contribution < -0.4 is 0 Å². The maximum Gasteiger partial charge on any atom is 0.0819 e. The molecule has 3 heteroatoms. The van der Waals surface area contributed by atoms with E-state index in [9.17, 15) is 9.32 Å². The lowest BCUT2D eigenvalue weighted by atomic mass is 9.61. The molecule has 0 saturated heterocycles. The maximum absolute atomic E-state index is 11.2. The van der Waals surface area contributed by atoms with Crippen molar-refractivity contribution in [3.05, 3.63) is 0 Å². The Morgan fingerprint density at radius 3 is 2.83 bits per heavy atom. The van der Waals surface area contributed by atoms with Crippen LogP contribution in [0.4, 0.5) is 0 Å². The van der Waals surface area contributed by atoms with Crippen LogP contribution in [0.15, 0.2) is 0 Å². The fraction of sp³-hybridized carbons (Fsp3) is 1.00. The summed E-state index contributed by atoms with van der Waals surface area (Å²) in [6.07, 6.45) is 7.08. The van der Waals surface area contributed by atoms with Crippen molar-refractivity contribution in [1.29, 1.82) is 0 Å². The summed E-state index contributed by atoms with van der Waals surface area (Å²) < 4.78 is 11.2. The first-order valence-electron chi connectivity index (χ1n) is 4.69. The molecule has 2 fully saturated rings. The van der Waals surface area contributed by atoms with E-state index in [1.54, 1.807) is 6.26 Å². The molecule has 70 valence electrons. The Balaban J connectivity index is 2.11. The third-order valence-corrected chi connectivity index (χ3v) is 4.95. The Bertz CT molecular complexity index is 217. The smallest absolute Gasteiger partial charge is 0.0819 e. The van der Waals surface area contributed by atoms with E-state index in [4.69, 9.17) is 0 Å². The number of fused-ring (bicyclic) bond motifs is 1. The van der Waals surface area contributed by atoms with E-state index in [0.717, 1.165) is 25.7 Å². The molecule has 0 heterocycles. The van der Waals surface area contributed by atoms with Crippen molar-refractivity contribution < 1.29 is 9.32 Å². The zero-order valence-corrected chi connectivity index (χ0v) is 8.27. The molecule has 0 spiro atoms. The Morgan fingerprint density at radius 2 is 2.25 bits per heavy atom. The van der Waals surface area contributed by atoms with Gasteiger partial charge in [-0.15, -0.1) is 0 Å². The molecule has 1 unspecified atom stereocenters. The zero-order valence-electron chi connectivity index (χ0n) is 7.45. The van der Waals surface area contributed by atoms with Gasteiger partial charge in [0.15, 0.2) is 0 Å². The van der Waals surface area contributed by atoms with Gasteiger partial charge < -0.3 is 5.11 Å². The summed E-state index contributed by atoms with van der Waals surface area (Å²) in [7, 11) is -0.831. The molecule has 0 aliphatic heterocycles. The van der Waals surface area contributed by atoms with Crippen LogP contribution in [0.25, 0.3) is 0 Å². The van der Waals surface area contributed by atoms with Gasteiger partial charge in [0.1, 0.15) is 0 Å². The molecule has 0 radical (unpaired) electrons. The van der Waals surface area contributed by atoms with E-state index >= 15 is 0 Å². The molecular formula is C9H16O2S. The molecule has 2 rings (SSSR count). The van der Waals surface area contributed by atoms with Crippen LogP contribution in [0, 0.1) is 5.92 Å². The van der Waals surface area contributed by atoms with Gasteiger partial charge in [0, 0.05) is 17.1 Å². The van der Waals surface area contributed by atoms with Crippen molar-refractivity contribution in [3.63, 3.8) is 0 Å². The monoisotopic (exact) mass is 188 g/mol. The Morgan fingerprint density at radius 1 is 1.50 bits per heavy atom. The molecule has 4 atom stereocenters. The van der Waals surface area contributed by atoms with Gasteiger partial charge in [0.2, 0.25) is 0 Å². The van der Waals surface area contributed by atoms with Crippen LogP contribution in [0.3, 0.4) is 0 Å². The van der Waals surface area contributed by atoms with Gasteiger partial charge in [-0.05, 0) is 25.2 Å². The molecule has 0 bridgehead atoms. The molecule has 2 aliphatic carbocycles. The van der Waals surface area contributed by atoms with Gasteiger partial charge in [-0.2, -0.15) is 0 Å². The van der Waals surface area contributed by atoms with E-state index in [1.165, 1.54) is 6.42 Å². The van der Waals surface area contributed by atoms with Gasteiger partial charge >= 0.3 is 0 Å². The highest BCUT2D eigenvalue weighted by molar-refractivity contribution is 7.85. The quantitative estimate of drug-likeness (QED) is 0.668. The van der Waals surface area contributed by atoms with Crippen LogP contribution in [-0.4, -0.2) is 26.4 Å². The highest BCUT2D eigenvalue weighted by Gasteiger charge is 2.56. The largest absolute Gasteiger partial charge is 0.388 e. The normalized spacial score (nSPS) is 49.2. The number of aliphatic hydroxyl groups is 1. The first-order chi connectivity index (χ1) is 5.64. The van der Waals surface area contributed by atoms with E-state index < -0.39 is 16.4 Å². The standard InChI is InChI=1S/C9H16O2S/c1-12(11)8-6-7-4-2-3-5-9(7,8)10/h7-8,10H,2-6H2,1H3/t7-,8-,9+,12?/m0/s1. The predicted octanol–water partition coefficient (Wildman–Crippen LogP) is 1.06. The first kappa shape index (κ1) is 8.70. The van der Waals surface area contributed by atoms with Crippen molar-refractivity contribution in [3.8, 4) is 0 Å². The van der Waals surface area contributed by atoms with E-state index in [-0.39, 0.29) is 5.25 Å². The maximum atomic E-state index is 11.2. The van der Waals surface area contributed by atoms with Crippen molar-refractivity contribution in [2.24, 2.45) is 5.92 Å². The minimum atomic E-state index is -0.831. The van der Waals surface area contributed by atoms with E-state index in [2.05, 4.69) is 0 Å². The van der Waals surface area contributed by atoms with Crippen LogP contribution in [0.2, 0.25) is 0 Å². The summed E-state index contributed by atoms with van der Waals surface area (Å²) in [5, 5.41) is 10.2. The first-order valence-corrected chi connectivity index (χ1v) is 6.31. The third kappa shape index (κ3) is 1.06. The van der Waals surface area contributed by atoms with Crippen LogP contribution in [0.5, 0.6) is 0 Å². The predicted molar refractivity (Wildman–Crippen MR) is 49.4 cm³/mol. The van der Waals surface area contributed by atoms with Gasteiger partial charge in [-0.1, -0.05) is 12.8 Å². The van der Waals surface area contributed by atoms with Gasteiger partial charge in [0.25, 0.3) is 0 Å². The molecule has 12 heavy (non-hydrogen) atoms. The van der Waals surface area contributed by atoms with Crippen molar-refractivity contribution in [2.75, 3.05) is 6.26 Å². The second-order valence-corrected chi connectivity index (χ2v) is 5.72. The lowest BCUT2D eigenvalue weighted by molar-refractivity contribution is -0.113. The highest BCUT2D eigenvalue weighted by Crippen LogP contribution is 2.50. The summed E-state index contributed by atoms with van der Waals surface area (Å²) in [6, 6.07) is 0. The Hall–Kier alpha value is 0.110. The fourth-order valence-electron chi connectivity index (χ4n) is 2.72. The molecule has 0 amide bonds. The molecule has 1 N–H and O–H groups in total. The van der Waals surface area contributed by atoms with Crippen molar-refractivity contribution in [2.45, 2.75) is 43.0 Å². The summed E-state index contributed by atoms with van der Waals surface area (Å²) in [4.78, 5) is 0. The SMILES string of the molecule is CS(=O)[C@H]1C[C@@H]2CCCC[C@@]21O.